The number of nitrogens with one attached hydrogen (secondary N) is 2. The maximum Gasteiger partial charge on any atom is 0.223 e. The van der Waals surface area contributed by atoms with Gasteiger partial charge in [-0.3, -0.25) is 0 Å². The summed E-state index contributed by atoms with van der Waals surface area (Å²) in [6, 6.07) is 6.48. The van der Waals surface area contributed by atoms with Gasteiger partial charge in [0.05, 0.1) is 18.2 Å². The van der Waals surface area contributed by atoms with E-state index in [-0.39, 0.29) is 0 Å². The van der Waals surface area contributed by atoms with Crippen molar-refractivity contribution < 1.29 is 4.42 Å². The second kappa shape index (κ2) is 7.46. The molecular formula is C22H23N5O. The molecule has 5 rings (SSSR count). The minimum Gasteiger partial charge on any atom is -0.472 e. The predicted molar refractivity (Wildman–Crippen MR) is 110 cm³/mol. The van der Waals surface area contributed by atoms with E-state index in [1.807, 2.05) is 30.7 Å². The Morgan fingerprint density at radius 1 is 1.04 bits per heavy atom. The van der Waals surface area contributed by atoms with Crippen LogP contribution in [0.25, 0.3) is 33.4 Å². The zero-order valence-corrected chi connectivity index (χ0v) is 15.7. The normalized spacial score (nSPS) is 15.6. The molecule has 4 heterocycles. The maximum absolute atomic E-state index is 5.21. The molecule has 142 valence electrons. The van der Waals surface area contributed by atoms with Crippen molar-refractivity contribution in [2.45, 2.75) is 44.6 Å². The smallest absolute Gasteiger partial charge is 0.223 e. The molecule has 0 aliphatic heterocycles. The summed E-state index contributed by atoms with van der Waals surface area (Å²) in [5, 5.41) is 4.58. The number of aromatic amines is 1. The molecule has 6 nitrogen and oxygen atoms in total. The maximum atomic E-state index is 5.21. The van der Waals surface area contributed by atoms with Crippen molar-refractivity contribution in [3.63, 3.8) is 0 Å². The number of aromatic nitrogens is 4. The van der Waals surface area contributed by atoms with Gasteiger partial charge in [0, 0.05) is 46.7 Å². The van der Waals surface area contributed by atoms with Gasteiger partial charge in [0.25, 0.3) is 0 Å². The lowest BCUT2D eigenvalue weighted by molar-refractivity contribution is 0.568. The van der Waals surface area contributed by atoms with Gasteiger partial charge in [-0.05, 0) is 31.0 Å². The Bertz CT molecular complexity index is 1060. The Labute approximate surface area is 163 Å². The van der Waals surface area contributed by atoms with Gasteiger partial charge in [-0.15, -0.1) is 0 Å². The number of anilines is 1. The summed E-state index contributed by atoms with van der Waals surface area (Å²) in [5.41, 5.74) is 4.80. The molecule has 1 aliphatic rings. The summed E-state index contributed by atoms with van der Waals surface area (Å²) >= 11 is 0. The monoisotopic (exact) mass is 373 g/mol. The van der Waals surface area contributed by atoms with Crippen molar-refractivity contribution >= 4 is 17.0 Å². The van der Waals surface area contributed by atoms with Crippen molar-refractivity contribution in [1.29, 1.82) is 0 Å². The molecule has 0 amide bonds. The zero-order chi connectivity index (χ0) is 18.8. The van der Waals surface area contributed by atoms with Crippen LogP contribution < -0.4 is 5.32 Å². The quantitative estimate of drug-likeness (QED) is 0.467. The van der Waals surface area contributed by atoms with E-state index in [1.54, 1.807) is 12.5 Å². The molecule has 0 spiro atoms. The fourth-order valence-electron chi connectivity index (χ4n) is 3.99. The highest BCUT2D eigenvalue weighted by molar-refractivity contribution is 5.94. The summed E-state index contributed by atoms with van der Waals surface area (Å²) in [6.45, 7) is 0. The number of fused-ring (bicyclic) bond motifs is 1. The van der Waals surface area contributed by atoms with Crippen LogP contribution in [0.1, 0.15) is 38.5 Å². The molecule has 28 heavy (non-hydrogen) atoms. The summed E-state index contributed by atoms with van der Waals surface area (Å²) in [7, 11) is 0. The number of hydrogen-bond acceptors (Lipinski definition) is 5. The lowest BCUT2D eigenvalue weighted by Crippen LogP contribution is -2.19. The highest BCUT2D eigenvalue weighted by Crippen LogP contribution is 2.30. The van der Waals surface area contributed by atoms with Crippen LogP contribution in [0.15, 0.2) is 53.7 Å². The van der Waals surface area contributed by atoms with Gasteiger partial charge in [0.1, 0.15) is 5.65 Å². The van der Waals surface area contributed by atoms with Crippen LogP contribution in [0, 0.1) is 0 Å². The molecule has 0 saturated heterocycles. The van der Waals surface area contributed by atoms with E-state index >= 15 is 0 Å². The molecule has 1 saturated carbocycles. The molecule has 0 radical (unpaired) electrons. The van der Waals surface area contributed by atoms with Crippen molar-refractivity contribution in [1.82, 2.24) is 19.9 Å². The molecule has 1 aliphatic carbocycles. The van der Waals surface area contributed by atoms with Gasteiger partial charge >= 0.3 is 0 Å². The number of nitrogens with zero attached hydrogens (tertiary/aromatic N) is 3. The Hall–Kier alpha value is -3.15. The molecule has 4 aromatic rings. The Morgan fingerprint density at radius 2 is 1.93 bits per heavy atom. The summed E-state index contributed by atoms with van der Waals surface area (Å²) in [5.74, 6) is 0.706. The second-order valence-corrected chi connectivity index (χ2v) is 7.43. The summed E-state index contributed by atoms with van der Waals surface area (Å²) < 4.78 is 5.21. The van der Waals surface area contributed by atoms with E-state index in [2.05, 4.69) is 26.3 Å². The molecular weight excluding hydrogens is 350 g/mol. The van der Waals surface area contributed by atoms with Crippen molar-refractivity contribution in [2.24, 2.45) is 0 Å². The molecule has 0 bridgehead atoms. The first-order chi connectivity index (χ1) is 13.9. The third-order valence-corrected chi connectivity index (χ3v) is 5.51. The van der Waals surface area contributed by atoms with Crippen LogP contribution in [0.5, 0.6) is 0 Å². The van der Waals surface area contributed by atoms with Crippen LogP contribution in [0.2, 0.25) is 0 Å². The van der Waals surface area contributed by atoms with Crippen LogP contribution in [0.3, 0.4) is 0 Å². The number of hydrogen-bond donors (Lipinski definition) is 2. The van der Waals surface area contributed by atoms with E-state index in [0.29, 0.717) is 12.0 Å². The highest BCUT2D eigenvalue weighted by Gasteiger charge is 2.15. The average molecular weight is 373 g/mol. The van der Waals surface area contributed by atoms with Crippen molar-refractivity contribution in [2.75, 3.05) is 5.32 Å². The van der Waals surface area contributed by atoms with Gasteiger partial charge in [0.2, 0.25) is 5.95 Å². The Kier molecular flexibility index (Phi) is 4.53. The van der Waals surface area contributed by atoms with E-state index in [0.717, 1.165) is 33.4 Å². The standard InChI is InChI=1S/C22H23N5O/c1-2-4-6-17(5-3-1)26-22-23-9-7-20(27-22)19-13-25-21-18(19)11-16(12-24-21)15-8-10-28-14-15/h7-14,17H,1-6H2,(H,24,25)(H,23,26,27). The topological polar surface area (TPSA) is 79.6 Å². The first kappa shape index (κ1) is 17.0. The minimum atomic E-state index is 0.468. The molecule has 4 aromatic heterocycles. The van der Waals surface area contributed by atoms with E-state index in [1.165, 1.54) is 38.5 Å². The summed E-state index contributed by atoms with van der Waals surface area (Å²) in [4.78, 5) is 17.1. The van der Waals surface area contributed by atoms with E-state index in [4.69, 9.17) is 9.40 Å². The van der Waals surface area contributed by atoms with E-state index in [9.17, 15) is 0 Å². The zero-order valence-electron chi connectivity index (χ0n) is 15.7. The third kappa shape index (κ3) is 3.38. The summed E-state index contributed by atoms with van der Waals surface area (Å²) in [6.07, 6.45) is 16.7. The molecule has 0 atom stereocenters. The van der Waals surface area contributed by atoms with Crippen LogP contribution in [-0.4, -0.2) is 26.0 Å². The number of H-pyrrole nitrogens is 1. The Morgan fingerprint density at radius 3 is 2.75 bits per heavy atom. The number of rotatable bonds is 4. The molecule has 2 N–H and O–H groups in total. The van der Waals surface area contributed by atoms with Crippen LogP contribution in [0.4, 0.5) is 5.95 Å². The largest absolute Gasteiger partial charge is 0.472 e. The fourth-order valence-corrected chi connectivity index (χ4v) is 3.99. The van der Waals surface area contributed by atoms with Gasteiger partial charge < -0.3 is 14.7 Å². The first-order valence-electron chi connectivity index (χ1n) is 9.96. The lowest BCUT2D eigenvalue weighted by Gasteiger charge is -2.16. The SMILES string of the molecule is c1cc(-c2c[nH]c3ncc(-c4ccoc4)cc23)nc(NC2CCCCCC2)n1. The van der Waals surface area contributed by atoms with Gasteiger partial charge in [0.15, 0.2) is 0 Å². The first-order valence-corrected chi connectivity index (χ1v) is 9.96. The lowest BCUT2D eigenvalue weighted by atomic mass is 10.1. The van der Waals surface area contributed by atoms with Crippen LogP contribution in [-0.2, 0) is 0 Å². The van der Waals surface area contributed by atoms with Gasteiger partial charge in [-0.1, -0.05) is 25.7 Å². The third-order valence-electron chi connectivity index (χ3n) is 5.51. The fraction of sp³-hybridized carbons (Fsp3) is 0.318. The number of furan rings is 1. The van der Waals surface area contributed by atoms with E-state index < -0.39 is 0 Å². The average Bonchev–Trinajstić information content (AvgIpc) is 3.34. The second-order valence-electron chi connectivity index (χ2n) is 7.43. The minimum absolute atomic E-state index is 0.468. The highest BCUT2D eigenvalue weighted by atomic mass is 16.3. The molecule has 6 heteroatoms. The molecule has 1 fully saturated rings. The van der Waals surface area contributed by atoms with Gasteiger partial charge in [-0.2, -0.15) is 0 Å². The molecule has 0 aromatic carbocycles. The number of pyridine rings is 1. The Balaban J connectivity index is 1.47. The molecule has 0 unspecified atom stereocenters. The predicted octanol–water partition coefficient (Wildman–Crippen LogP) is 5.41. The van der Waals surface area contributed by atoms with Crippen LogP contribution >= 0.6 is 0 Å². The van der Waals surface area contributed by atoms with Crippen molar-refractivity contribution in [3.8, 4) is 22.4 Å². The van der Waals surface area contributed by atoms with Gasteiger partial charge in [-0.25, -0.2) is 15.0 Å². The van der Waals surface area contributed by atoms with Crippen molar-refractivity contribution in [3.05, 3.63) is 49.3 Å².